The van der Waals surface area contributed by atoms with Crippen LogP contribution in [0, 0.1) is 0 Å². The third-order valence-electron chi connectivity index (χ3n) is 3.28. The first-order chi connectivity index (χ1) is 8.67. The quantitative estimate of drug-likeness (QED) is 0.786. The number of rotatable bonds is 3. The van der Waals surface area contributed by atoms with Gasteiger partial charge in [-0.3, -0.25) is 0 Å². The number of primary sulfonamides is 1. The highest BCUT2D eigenvalue weighted by Crippen LogP contribution is 2.40. The molecule has 0 saturated carbocycles. The first-order valence-corrected chi connectivity index (χ1v) is 9.82. The minimum Gasteiger partial charge on any atom is -0.340 e. The van der Waals surface area contributed by atoms with Crippen LogP contribution in [0.25, 0.3) is 0 Å². The molecule has 2 atom stereocenters. The molecule has 1 aromatic heterocycles. The highest BCUT2D eigenvalue weighted by Gasteiger charge is 2.40. The largest absolute Gasteiger partial charge is 0.340 e. The number of quaternary nitrogens is 1. The molecule has 0 amide bonds. The summed E-state index contributed by atoms with van der Waals surface area (Å²) in [6.45, 7) is 4.43. The lowest BCUT2D eigenvalue weighted by Crippen LogP contribution is -2.85. The average molecular weight is 325 g/mol. The summed E-state index contributed by atoms with van der Waals surface area (Å²) in [6, 6.07) is 1.39. The van der Waals surface area contributed by atoms with Crippen LogP contribution in [0.3, 0.4) is 0 Å². The Bertz CT molecular complexity index is 690. The lowest BCUT2D eigenvalue weighted by atomic mass is 10.1. The zero-order valence-corrected chi connectivity index (χ0v) is 13.1. The van der Waals surface area contributed by atoms with Crippen LogP contribution in [-0.2, 0) is 19.9 Å². The van der Waals surface area contributed by atoms with Gasteiger partial charge in [0.15, 0.2) is 9.84 Å². The Kier molecular flexibility index (Phi) is 3.78. The van der Waals surface area contributed by atoms with Crippen LogP contribution >= 0.6 is 11.3 Å². The second-order valence-corrected chi connectivity index (χ2v) is 10.1. The second kappa shape index (κ2) is 4.81. The van der Waals surface area contributed by atoms with Gasteiger partial charge in [0.05, 0.1) is 11.8 Å². The van der Waals surface area contributed by atoms with E-state index in [-0.39, 0.29) is 14.5 Å². The molecular weight excluding hydrogens is 308 g/mol. The number of hydrogen-bond donors (Lipinski definition) is 2. The fourth-order valence-electron chi connectivity index (χ4n) is 2.29. The van der Waals surface area contributed by atoms with E-state index in [1.807, 2.05) is 12.2 Å². The molecule has 0 aromatic carbocycles. The smallest absolute Gasteiger partial charge is 0.247 e. The van der Waals surface area contributed by atoms with Crippen molar-refractivity contribution in [1.82, 2.24) is 0 Å². The Morgan fingerprint density at radius 2 is 2.16 bits per heavy atom. The Hall–Kier alpha value is -0.480. The molecular formula is C10H17N2O4S3+. The molecule has 0 spiro atoms. The molecule has 0 fully saturated rings. The highest BCUT2D eigenvalue weighted by atomic mass is 32.3. The zero-order chi connectivity index (χ0) is 14.4. The van der Waals surface area contributed by atoms with Gasteiger partial charge in [0.25, 0.3) is 0 Å². The van der Waals surface area contributed by atoms with Gasteiger partial charge in [0.1, 0.15) is 14.5 Å². The summed E-state index contributed by atoms with van der Waals surface area (Å²) in [7, 11) is -7.30. The molecule has 0 radical (unpaired) electrons. The van der Waals surface area contributed by atoms with Crippen LogP contribution in [-0.4, -0.2) is 28.6 Å². The number of hydrogen-bond acceptors (Lipinski definition) is 5. The minimum absolute atomic E-state index is 0.0229. The van der Waals surface area contributed by atoms with Gasteiger partial charge in [-0.05, 0) is 19.9 Å². The van der Waals surface area contributed by atoms with Crippen LogP contribution in [0.2, 0.25) is 0 Å². The fraction of sp³-hybridized carbons (Fsp3) is 0.600. The van der Waals surface area contributed by atoms with Crippen LogP contribution in [0.5, 0.6) is 0 Å². The standard InChI is InChI=1S/C10H16N2O4S3/c1-3-12-8-4-6(2)18(13,14)10-7(8)5-9(17-10)19(11,15)16/h5-6,8,12H,3-4H2,1-2H3,(H2,11,15,16)/p+1/t6-,8-/m1/s1. The lowest BCUT2D eigenvalue weighted by Gasteiger charge is -2.25. The van der Waals surface area contributed by atoms with E-state index in [0.29, 0.717) is 12.0 Å². The summed E-state index contributed by atoms with van der Waals surface area (Å²) in [5.41, 5.74) is 0.578. The maximum absolute atomic E-state index is 12.3. The number of fused-ring (bicyclic) bond motifs is 1. The molecule has 2 rings (SSSR count). The summed E-state index contributed by atoms with van der Waals surface area (Å²) in [5, 5.41) is 6.61. The summed E-state index contributed by atoms with van der Waals surface area (Å²) in [4.78, 5) is 0. The normalized spacial score (nSPS) is 26.1. The number of sulfone groups is 1. The molecule has 2 heterocycles. The Morgan fingerprint density at radius 1 is 1.53 bits per heavy atom. The minimum atomic E-state index is -3.86. The number of thiophene rings is 1. The van der Waals surface area contributed by atoms with Gasteiger partial charge >= 0.3 is 0 Å². The van der Waals surface area contributed by atoms with E-state index in [2.05, 4.69) is 0 Å². The molecule has 9 heteroatoms. The maximum atomic E-state index is 12.3. The maximum Gasteiger partial charge on any atom is 0.247 e. The van der Waals surface area contributed by atoms with Gasteiger partial charge in [-0.25, -0.2) is 22.0 Å². The molecule has 0 unspecified atom stereocenters. The molecule has 1 aliphatic rings. The van der Waals surface area contributed by atoms with Crippen molar-refractivity contribution < 1.29 is 22.2 Å². The average Bonchev–Trinajstić information content (AvgIpc) is 2.72. The van der Waals surface area contributed by atoms with E-state index < -0.39 is 25.1 Å². The van der Waals surface area contributed by atoms with Crippen LogP contribution in [0.1, 0.15) is 31.9 Å². The van der Waals surface area contributed by atoms with E-state index in [9.17, 15) is 16.8 Å². The predicted molar refractivity (Wildman–Crippen MR) is 72.2 cm³/mol. The molecule has 0 bridgehead atoms. The molecule has 108 valence electrons. The van der Waals surface area contributed by atoms with Gasteiger partial charge < -0.3 is 5.32 Å². The van der Waals surface area contributed by atoms with Crippen molar-refractivity contribution in [3.63, 3.8) is 0 Å². The van der Waals surface area contributed by atoms with Gasteiger partial charge in [-0.2, -0.15) is 0 Å². The Labute approximate surface area is 117 Å². The van der Waals surface area contributed by atoms with Crippen LogP contribution in [0.15, 0.2) is 14.5 Å². The predicted octanol–water partition coefficient (Wildman–Crippen LogP) is -0.414. The fourth-order valence-corrected chi connectivity index (χ4v) is 6.74. The van der Waals surface area contributed by atoms with Crippen molar-refractivity contribution in [2.75, 3.05) is 6.54 Å². The van der Waals surface area contributed by atoms with E-state index in [1.54, 1.807) is 6.92 Å². The van der Waals surface area contributed by atoms with E-state index in [0.717, 1.165) is 17.9 Å². The third-order valence-corrected chi connectivity index (χ3v) is 8.59. The molecule has 1 aliphatic heterocycles. The van der Waals surface area contributed by atoms with Gasteiger partial charge in [-0.1, -0.05) is 0 Å². The lowest BCUT2D eigenvalue weighted by molar-refractivity contribution is -0.694. The summed E-state index contributed by atoms with van der Waals surface area (Å²) in [6.07, 6.45) is 0.490. The number of nitrogens with two attached hydrogens (primary N) is 2. The second-order valence-electron chi connectivity index (χ2n) is 4.70. The van der Waals surface area contributed by atoms with Crippen LogP contribution < -0.4 is 10.5 Å². The van der Waals surface area contributed by atoms with Crippen molar-refractivity contribution in [2.45, 2.75) is 40.0 Å². The van der Waals surface area contributed by atoms with Crippen molar-refractivity contribution in [3.8, 4) is 0 Å². The van der Waals surface area contributed by atoms with Crippen LogP contribution in [0.4, 0.5) is 0 Å². The van der Waals surface area contributed by atoms with Crippen molar-refractivity contribution in [2.24, 2.45) is 5.14 Å². The molecule has 4 N–H and O–H groups in total. The van der Waals surface area contributed by atoms with Crippen molar-refractivity contribution >= 4 is 31.2 Å². The summed E-state index contributed by atoms with van der Waals surface area (Å²) >= 11 is 0.762. The Balaban J connectivity index is 2.64. The molecule has 0 saturated heterocycles. The molecule has 6 nitrogen and oxygen atoms in total. The van der Waals surface area contributed by atoms with E-state index in [4.69, 9.17) is 5.14 Å². The zero-order valence-electron chi connectivity index (χ0n) is 10.7. The Morgan fingerprint density at radius 3 is 2.68 bits per heavy atom. The van der Waals surface area contributed by atoms with Gasteiger partial charge in [0, 0.05) is 12.0 Å². The van der Waals surface area contributed by atoms with Gasteiger partial charge in [0.2, 0.25) is 10.0 Å². The third kappa shape index (κ3) is 2.57. The van der Waals surface area contributed by atoms with Crippen molar-refractivity contribution in [1.29, 1.82) is 0 Å². The summed E-state index contributed by atoms with van der Waals surface area (Å²) < 4.78 is 47.4. The highest BCUT2D eigenvalue weighted by molar-refractivity contribution is 7.95. The SMILES string of the molecule is CC[NH2+][C@@H]1C[C@@H](C)S(=O)(=O)c2sc(S(N)(=O)=O)cc21. The molecule has 1 aromatic rings. The van der Waals surface area contributed by atoms with E-state index >= 15 is 0 Å². The topological polar surface area (TPSA) is 111 Å². The first kappa shape index (κ1) is 14.9. The monoisotopic (exact) mass is 325 g/mol. The number of sulfonamides is 1. The summed E-state index contributed by atoms with van der Waals surface area (Å²) in [5.74, 6) is 0. The first-order valence-electron chi connectivity index (χ1n) is 5.91. The van der Waals surface area contributed by atoms with Crippen molar-refractivity contribution in [3.05, 3.63) is 11.6 Å². The molecule has 0 aliphatic carbocycles. The van der Waals surface area contributed by atoms with Gasteiger partial charge in [-0.15, -0.1) is 11.3 Å². The van der Waals surface area contributed by atoms with E-state index in [1.165, 1.54) is 6.07 Å². The molecule has 19 heavy (non-hydrogen) atoms.